The van der Waals surface area contributed by atoms with Crippen LogP contribution in [0.2, 0.25) is 0 Å². The van der Waals surface area contributed by atoms with E-state index in [0.29, 0.717) is 24.3 Å². The summed E-state index contributed by atoms with van der Waals surface area (Å²) in [6, 6.07) is 0. The van der Waals surface area contributed by atoms with Crippen LogP contribution in [-0.2, 0) is 4.79 Å². The Labute approximate surface area is 110 Å². The third-order valence-electron chi connectivity index (χ3n) is 3.72. The fraction of sp³-hybridized carbons (Fsp3) is 0.929. The van der Waals surface area contributed by atoms with Gasteiger partial charge in [-0.05, 0) is 31.1 Å². The van der Waals surface area contributed by atoms with Crippen molar-refractivity contribution in [3.05, 3.63) is 0 Å². The van der Waals surface area contributed by atoms with Crippen LogP contribution in [-0.4, -0.2) is 18.3 Å². The van der Waals surface area contributed by atoms with Crippen molar-refractivity contribution in [3.63, 3.8) is 0 Å². The van der Waals surface area contributed by atoms with Crippen LogP contribution in [0, 0.1) is 17.3 Å². The number of amides is 1. The Bertz CT molecular complexity index is 247. The Morgan fingerprint density at radius 2 is 1.88 bits per heavy atom. The van der Waals surface area contributed by atoms with Gasteiger partial charge >= 0.3 is 0 Å². The molecule has 1 atom stereocenters. The molecule has 0 aromatic rings. The number of nitrogens with one attached hydrogen (secondary N) is 1. The van der Waals surface area contributed by atoms with E-state index in [9.17, 15) is 4.79 Å². The minimum absolute atomic E-state index is 0.0831. The first-order valence-electron chi connectivity index (χ1n) is 6.84. The number of alkyl halides is 1. The van der Waals surface area contributed by atoms with Gasteiger partial charge in [0.15, 0.2) is 0 Å². The second-order valence-corrected chi connectivity index (χ2v) is 6.36. The largest absolute Gasteiger partial charge is 0.355 e. The zero-order valence-electron chi connectivity index (χ0n) is 11.4. The Morgan fingerprint density at radius 3 is 2.35 bits per heavy atom. The van der Waals surface area contributed by atoms with Crippen molar-refractivity contribution >= 4 is 17.5 Å². The quantitative estimate of drug-likeness (QED) is 0.726. The van der Waals surface area contributed by atoms with E-state index >= 15 is 0 Å². The normalized spacial score (nSPS) is 20.5. The fourth-order valence-corrected chi connectivity index (χ4v) is 2.98. The van der Waals surface area contributed by atoms with Crippen LogP contribution < -0.4 is 5.32 Å². The van der Waals surface area contributed by atoms with Gasteiger partial charge in [0.1, 0.15) is 0 Å². The lowest BCUT2D eigenvalue weighted by atomic mass is 9.77. The van der Waals surface area contributed by atoms with Crippen LogP contribution in [0.1, 0.15) is 52.9 Å². The van der Waals surface area contributed by atoms with Crippen LogP contribution in [0.3, 0.4) is 0 Å². The third-order valence-corrected chi connectivity index (χ3v) is 4.24. The van der Waals surface area contributed by atoms with Crippen molar-refractivity contribution in [1.82, 2.24) is 5.32 Å². The van der Waals surface area contributed by atoms with Crippen LogP contribution in [0.4, 0.5) is 0 Å². The summed E-state index contributed by atoms with van der Waals surface area (Å²) in [6.07, 6.45) is 5.54. The Kier molecular flexibility index (Phi) is 5.78. The molecule has 1 unspecified atom stereocenters. The van der Waals surface area contributed by atoms with Crippen molar-refractivity contribution in [1.29, 1.82) is 0 Å². The van der Waals surface area contributed by atoms with Gasteiger partial charge in [-0.25, -0.2) is 0 Å². The predicted molar refractivity (Wildman–Crippen MR) is 73.2 cm³/mol. The molecular formula is C14H26ClNO. The van der Waals surface area contributed by atoms with Crippen molar-refractivity contribution in [2.24, 2.45) is 17.3 Å². The van der Waals surface area contributed by atoms with E-state index in [2.05, 4.69) is 26.1 Å². The molecule has 2 nitrogen and oxygen atoms in total. The zero-order valence-corrected chi connectivity index (χ0v) is 12.1. The van der Waals surface area contributed by atoms with Gasteiger partial charge in [-0.3, -0.25) is 4.79 Å². The second-order valence-electron chi connectivity index (χ2n) is 6.05. The molecule has 0 radical (unpaired) electrons. The maximum Gasteiger partial charge on any atom is 0.226 e. The molecule has 0 heterocycles. The predicted octanol–water partition coefficient (Wildman–Crippen LogP) is 3.58. The number of halogens is 1. The molecule has 3 heteroatoms. The molecular weight excluding hydrogens is 234 g/mol. The molecule has 0 aromatic carbocycles. The summed E-state index contributed by atoms with van der Waals surface area (Å²) in [5, 5.41) is 3.10. The van der Waals surface area contributed by atoms with E-state index in [1.165, 1.54) is 12.8 Å². The SMILES string of the molecule is CC(C)CC1(C(=O)NCC(C)CCl)CCCC1. The average molecular weight is 260 g/mol. The number of rotatable bonds is 6. The maximum atomic E-state index is 12.4. The molecule has 0 spiro atoms. The van der Waals surface area contributed by atoms with Gasteiger partial charge in [-0.1, -0.05) is 33.6 Å². The lowest BCUT2D eigenvalue weighted by Crippen LogP contribution is -2.42. The summed E-state index contributed by atoms with van der Waals surface area (Å²) >= 11 is 5.76. The number of carbonyl (C=O) groups excluding carboxylic acids is 1. The Hall–Kier alpha value is -0.240. The van der Waals surface area contributed by atoms with Gasteiger partial charge in [-0.2, -0.15) is 0 Å². The van der Waals surface area contributed by atoms with E-state index in [1.54, 1.807) is 0 Å². The summed E-state index contributed by atoms with van der Waals surface area (Å²) < 4.78 is 0. The molecule has 0 bridgehead atoms. The first kappa shape index (κ1) is 14.8. The van der Waals surface area contributed by atoms with Crippen molar-refractivity contribution in [3.8, 4) is 0 Å². The smallest absolute Gasteiger partial charge is 0.226 e. The van der Waals surface area contributed by atoms with E-state index in [4.69, 9.17) is 11.6 Å². The molecule has 1 aliphatic carbocycles. The van der Waals surface area contributed by atoms with Gasteiger partial charge in [0.25, 0.3) is 0 Å². The lowest BCUT2D eigenvalue weighted by Gasteiger charge is -2.30. The highest BCUT2D eigenvalue weighted by Gasteiger charge is 2.41. The number of hydrogen-bond acceptors (Lipinski definition) is 1. The lowest BCUT2D eigenvalue weighted by molar-refractivity contribution is -0.131. The molecule has 1 N–H and O–H groups in total. The molecule has 100 valence electrons. The molecule has 0 aliphatic heterocycles. The molecule has 0 saturated heterocycles. The van der Waals surface area contributed by atoms with Gasteiger partial charge in [-0.15, -0.1) is 11.6 Å². The van der Waals surface area contributed by atoms with Crippen LogP contribution in [0.25, 0.3) is 0 Å². The molecule has 1 amide bonds. The van der Waals surface area contributed by atoms with E-state index in [-0.39, 0.29) is 11.3 Å². The topological polar surface area (TPSA) is 29.1 Å². The van der Waals surface area contributed by atoms with E-state index in [1.807, 2.05) is 0 Å². The first-order chi connectivity index (χ1) is 8.00. The minimum Gasteiger partial charge on any atom is -0.355 e. The monoisotopic (exact) mass is 259 g/mol. The summed E-state index contributed by atoms with van der Waals surface area (Å²) in [7, 11) is 0. The standard InChI is InChI=1S/C14H26ClNO/c1-11(2)8-14(6-4-5-7-14)13(17)16-10-12(3)9-15/h11-12H,4-10H2,1-3H3,(H,16,17). The Morgan fingerprint density at radius 1 is 1.29 bits per heavy atom. The summed E-state index contributed by atoms with van der Waals surface area (Å²) in [6.45, 7) is 7.18. The van der Waals surface area contributed by atoms with Gasteiger partial charge in [0.05, 0.1) is 0 Å². The number of carbonyl (C=O) groups is 1. The van der Waals surface area contributed by atoms with Gasteiger partial charge in [0.2, 0.25) is 5.91 Å². The molecule has 0 aromatic heterocycles. The van der Waals surface area contributed by atoms with Gasteiger partial charge < -0.3 is 5.32 Å². The highest BCUT2D eigenvalue weighted by molar-refractivity contribution is 6.18. The molecule has 1 saturated carbocycles. The molecule has 1 fully saturated rings. The van der Waals surface area contributed by atoms with Gasteiger partial charge in [0, 0.05) is 17.8 Å². The summed E-state index contributed by atoms with van der Waals surface area (Å²) in [5.41, 5.74) is -0.0831. The highest BCUT2D eigenvalue weighted by Crippen LogP contribution is 2.43. The first-order valence-corrected chi connectivity index (χ1v) is 7.38. The third kappa shape index (κ3) is 4.17. The Balaban J connectivity index is 2.55. The van der Waals surface area contributed by atoms with Crippen LogP contribution in [0.5, 0.6) is 0 Å². The van der Waals surface area contributed by atoms with Crippen molar-refractivity contribution in [2.45, 2.75) is 52.9 Å². The number of hydrogen-bond donors (Lipinski definition) is 1. The van der Waals surface area contributed by atoms with E-state index < -0.39 is 0 Å². The fourth-order valence-electron chi connectivity index (χ4n) is 2.87. The van der Waals surface area contributed by atoms with Crippen molar-refractivity contribution in [2.75, 3.05) is 12.4 Å². The van der Waals surface area contributed by atoms with E-state index in [0.717, 1.165) is 19.3 Å². The van der Waals surface area contributed by atoms with Crippen molar-refractivity contribution < 1.29 is 4.79 Å². The molecule has 17 heavy (non-hydrogen) atoms. The molecule has 1 aliphatic rings. The summed E-state index contributed by atoms with van der Waals surface area (Å²) in [5.74, 6) is 1.82. The average Bonchev–Trinajstić information content (AvgIpc) is 2.74. The maximum absolute atomic E-state index is 12.4. The van der Waals surface area contributed by atoms with Crippen LogP contribution >= 0.6 is 11.6 Å². The second kappa shape index (κ2) is 6.63. The zero-order chi connectivity index (χ0) is 12.9. The van der Waals surface area contributed by atoms with Crippen LogP contribution in [0.15, 0.2) is 0 Å². The molecule has 1 rings (SSSR count). The minimum atomic E-state index is -0.0831. The highest BCUT2D eigenvalue weighted by atomic mass is 35.5. The summed E-state index contributed by atoms with van der Waals surface area (Å²) in [4.78, 5) is 12.4.